The van der Waals surface area contributed by atoms with E-state index in [9.17, 15) is 30.4 Å². The summed E-state index contributed by atoms with van der Waals surface area (Å²) in [6, 6.07) is 8.67. The van der Waals surface area contributed by atoms with Crippen LogP contribution in [0.5, 0.6) is 5.75 Å². The molecule has 0 radical (unpaired) electrons. The van der Waals surface area contributed by atoms with Gasteiger partial charge in [-0.15, -0.1) is 0 Å². The summed E-state index contributed by atoms with van der Waals surface area (Å²) in [5.41, 5.74) is 0. The standard InChI is InChI=1S/C40H61N3O7S3/c1-4-7-10-13-16-19-26-41-51(45,46)36-29-35(44)31-22-23-33-37(52(47,48)42-27-20-17-14-11-8-5-2)30-38(34-25-24-32(36)39(31)40(33)34)53(49,50)43-28-21-18-15-12-9-6-3/h22-25,29-30,41-44H,4-21,26-28H2,1-3H3. The molecule has 0 spiro atoms. The van der Waals surface area contributed by atoms with Crippen LogP contribution in [0.15, 0.2) is 51.1 Å². The molecule has 4 rings (SSSR count). The van der Waals surface area contributed by atoms with E-state index in [1.165, 1.54) is 12.1 Å². The minimum atomic E-state index is -4.21. The number of rotatable bonds is 27. The fraction of sp³-hybridized carbons (Fsp3) is 0.600. The number of hydrogen-bond acceptors (Lipinski definition) is 7. The van der Waals surface area contributed by atoms with Crippen LogP contribution in [0, 0.1) is 0 Å². The molecule has 0 saturated carbocycles. The lowest BCUT2D eigenvalue weighted by Gasteiger charge is -2.20. The quantitative estimate of drug-likeness (QED) is 0.0346. The second-order valence-electron chi connectivity index (χ2n) is 14.3. The van der Waals surface area contributed by atoms with Gasteiger partial charge in [0, 0.05) is 58.0 Å². The Morgan fingerprint density at radius 1 is 0.415 bits per heavy atom. The summed E-state index contributed by atoms with van der Waals surface area (Å²) in [6.45, 7) is 7.04. The van der Waals surface area contributed by atoms with E-state index in [1.54, 1.807) is 24.3 Å². The number of aromatic hydroxyl groups is 1. The zero-order valence-electron chi connectivity index (χ0n) is 31.9. The molecular formula is C40H61N3O7S3. The maximum Gasteiger partial charge on any atom is 0.241 e. The van der Waals surface area contributed by atoms with Crippen molar-refractivity contribution >= 4 is 62.4 Å². The first kappa shape index (κ1) is 43.2. The zero-order valence-corrected chi connectivity index (χ0v) is 34.4. The number of sulfonamides is 3. The van der Waals surface area contributed by atoms with Gasteiger partial charge < -0.3 is 5.11 Å². The van der Waals surface area contributed by atoms with Gasteiger partial charge in [0.2, 0.25) is 30.1 Å². The smallest absolute Gasteiger partial charge is 0.241 e. The van der Waals surface area contributed by atoms with Crippen LogP contribution in [0.2, 0.25) is 0 Å². The lowest BCUT2D eigenvalue weighted by atomic mass is 9.94. The molecule has 4 aromatic carbocycles. The lowest BCUT2D eigenvalue weighted by molar-refractivity contribution is 0.479. The Morgan fingerprint density at radius 2 is 0.698 bits per heavy atom. The average Bonchev–Trinajstić information content (AvgIpc) is 3.12. The van der Waals surface area contributed by atoms with Crippen molar-refractivity contribution < 1.29 is 30.4 Å². The zero-order chi connectivity index (χ0) is 38.5. The van der Waals surface area contributed by atoms with Crippen LogP contribution in [0.4, 0.5) is 0 Å². The third-order valence-electron chi connectivity index (χ3n) is 10.1. The maximum absolute atomic E-state index is 14.0. The van der Waals surface area contributed by atoms with Gasteiger partial charge in [0.05, 0.1) is 14.7 Å². The molecule has 4 aromatic rings. The van der Waals surface area contributed by atoms with Crippen LogP contribution in [0.25, 0.3) is 32.3 Å². The number of nitrogens with one attached hydrogen (secondary N) is 3. The second-order valence-corrected chi connectivity index (χ2v) is 19.5. The molecule has 0 bridgehead atoms. The molecule has 13 heteroatoms. The molecule has 296 valence electrons. The van der Waals surface area contributed by atoms with Crippen LogP contribution in [-0.2, 0) is 30.1 Å². The molecule has 0 unspecified atom stereocenters. The van der Waals surface area contributed by atoms with Crippen LogP contribution in [0.3, 0.4) is 0 Å². The van der Waals surface area contributed by atoms with Gasteiger partial charge in [0.15, 0.2) is 0 Å². The highest BCUT2D eigenvalue weighted by molar-refractivity contribution is 7.90. The van der Waals surface area contributed by atoms with Gasteiger partial charge in [-0.25, -0.2) is 39.4 Å². The SMILES string of the molecule is CCCCCCCCNS(=O)(=O)c1cc(O)c2ccc3c(S(=O)(=O)NCCCCCCCC)cc(S(=O)(=O)NCCCCCCCC)c4ccc1c2c34. The van der Waals surface area contributed by atoms with Crippen molar-refractivity contribution in [3.8, 4) is 5.75 Å². The molecular weight excluding hydrogens is 731 g/mol. The molecule has 0 fully saturated rings. The van der Waals surface area contributed by atoms with E-state index in [0.29, 0.717) is 30.0 Å². The highest BCUT2D eigenvalue weighted by Gasteiger charge is 2.29. The lowest BCUT2D eigenvalue weighted by Crippen LogP contribution is -2.27. The van der Waals surface area contributed by atoms with Crippen LogP contribution in [0.1, 0.15) is 136 Å². The number of phenolic OH excluding ortho intramolecular Hbond substituents is 1. The van der Waals surface area contributed by atoms with Crippen molar-refractivity contribution in [1.82, 2.24) is 14.2 Å². The van der Waals surface area contributed by atoms with Gasteiger partial charge in [0.1, 0.15) is 5.75 Å². The van der Waals surface area contributed by atoms with Gasteiger partial charge in [0.25, 0.3) is 0 Å². The Balaban J connectivity index is 1.79. The molecule has 0 heterocycles. The van der Waals surface area contributed by atoms with Crippen molar-refractivity contribution in [2.75, 3.05) is 19.6 Å². The third kappa shape index (κ3) is 11.3. The summed E-state index contributed by atoms with van der Waals surface area (Å²) in [7, 11) is -12.5. The fourth-order valence-electron chi connectivity index (χ4n) is 7.12. The molecule has 4 N–H and O–H groups in total. The van der Waals surface area contributed by atoms with Crippen molar-refractivity contribution in [3.05, 3.63) is 36.4 Å². The Hall–Kier alpha value is -2.55. The van der Waals surface area contributed by atoms with Gasteiger partial charge in [-0.1, -0.05) is 135 Å². The van der Waals surface area contributed by atoms with Crippen molar-refractivity contribution in [1.29, 1.82) is 0 Å². The first-order valence-corrected chi connectivity index (χ1v) is 24.3. The second kappa shape index (κ2) is 20.4. The summed E-state index contributed by atoms with van der Waals surface area (Å²) in [6.07, 6.45) is 17.6. The number of phenols is 1. The van der Waals surface area contributed by atoms with E-state index in [-0.39, 0.29) is 61.6 Å². The summed E-state index contributed by atoms with van der Waals surface area (Å²) in [5, 5.41) is 12.8. The summed E-state index contributed by atoms with van der Waals surface area (Å²) in [4.78, 5) is -0.568. The maximum atomic E-state index is 14.0. The van der Waals surface area contributed by atoms with Crippen molar-refractivity contribution in [3.63, 3.8) is 0 Å². The Labute approximate surface area is 318 Å². The van der Waals surface area contributed by atoms with Crippen LogP contribution >= 0.6 is 0 Å². The van der Waals surface area contributed by atoms with E-state index in [0.717, 1.165) is 96.3 Å². The summed E-state index contributed by atoms with van der Waals surface area (Å²) in [5.74, 6) is -0.299. The van der Waals surface area contributed by atoms with E-state index in [2.05, 4.69) is 34.9 Å². The van der Waals surface area contributed by atoms with E-state index in [1.807, 2.05) is 0 Å². The minimum absolute atomic E-state index is 0.150. The third-order valence-corrected chi connectivity index (χ3v) is 14.6. The van der Waals surface area contributed by atoms with Gasteiger partial charge in [-0.3, -0.25) is 0 Å². The van der Waals surface area contributed by atoms with E-state index >= 15 is 0 Å². The largest absolute Gasteiger partial charge is 0.507 e. The predicted molar refractivity (Wildman–Crippen MR) is 218 cm³/mol. The Bertz CT molecular complexity index is 2030. The number of hydrogen-bond donors (Lipinski definition) is 4. The van der Waals surface area contributed by atoms with E-state index in [4.69, 9.17) is 0 Å². The molecule has 0 saturated heterocycles. The molecule has 0 amide bonds. The first-order chi connectivity index (χ1) is 25.4. The predicted octanol–water partition coefficient (Wildman–Crippen LogP) is 9.21. The average molecular weight is 792 g/mol. The Morgan fingerprint density at radius 3 is 1.06 bits per heavy atom. The van der Waals surface area contributed by atoms with Crippen LogP contribution in [-0.4, -0.2) is 50.0 Å². The minimum Gasteiger partial charge on any atom is -0.507 e. The molecule has 0 aliphatic heterocycles. The highest BCUT2D eigenvalue weighted by atomic mass is 32.2. The first-order valence-electron chi connectivity index (χ1n) is 19.9. The van der Waals surface area contributed by atoms with Gasteiger partial charge in [-0.2, -0.15) is 0 Å². The topological polar surface area (TPSA) is 159 Å². The van der Waals surface area contributed by atoms with Crippen molar-refractivity contribution in [2.45, 2.75) is 151 Å². The molecule has 0 atom stereocenters. The fourth-order valence-corrected chi connectivity index (χ4v) is 11.1. The number of unbranched alkanes of at least 4 members (excludes halogenated alkanes) is 15. The van der Waals surface area contributed by atoms with E-state index < -0.39 is 30.1 Å². The van der Waals surface area contributed by atoms with Crippen LogP contribution < -0.4 is 14.2 Å². The van der Waals surface area contributed by atoms with Gasteiger partial charge >= 0.3 is 0 Å². The Kier molecular flexibility index (Phi) is 16.6. The molecule has 53 heavy (non-hydrogen) atoms. The number of benzene rings is 4. The molecule has 10 nitrogen and oxygen atoms in total. The molecule has 0 aliphatic rings. The normalized spacial score (nSPS) is 12.9. The van der Waals surface area contributed by atoms with Gasteiger partial charge in [-0.05, 0) is 31.4 Å². The molecule has 0 aliphatic carbocycles. The highest BCUT2D eigenvalue weighted by Crippen LogP contribution is 2.44. The summed E-state index contributed by atoms with van der Waals surface area (Å²) < 4.78 is 91.6. The monoisotopic (exact) mass is 791 g/mol. The molecule has 0 aromatic heterocycles. The summed E-state index contributed by atoms with van der Waals surface area (Å²) >= 11 is 0. The van der Waals surface area contributed by atoms with Crippen molar-refractivity contribution in [2.24, 2.45) is 0 Å².